The van der Waals surface area contributed by atoms with E-state index in [1.54, 1.807) is 4.90 Å². The normalized spacial score (nSPS) is 17.4. The molecule has 7 nitrogen and oxygen atoms in total. The van der Waals surface area contributed by atoms with Gasteiger partial charge in [0.05, 0.1) is 11.1 Å². The minimum absolute atomic E-state index is 0.0957. The molecule has 0 saturated carbocycles. The second-order valence-electron chi connectivity index (χ2n) is 8.32. The SMILES string of the molecule is CC(C)CN1C(=O)c2ccc(C(=O)N3CCC(CNC(=O)C(F)(F)F)CC3)cc2C1=O. The summed E-state index contributed by atoms with van der Waals surface area (Å²) in [4.78, 5) is 51.6. The number of likely N-dealkylation sites (tertiary alicyclic amines) is 1. The van der Waals surface area contributed by atoms with Crippen LogP contribution in [0.5, 0.6) is 0 Å². The Morgan fingerprint density at radius 1 is 1.10 bits per heavy atom. The van der Waals surface area contributed by atoms with Gasteiger partial charge in [-0.25, -0.2) is 0 Å². The van der Waals surface area contributed by atoms with Gasteiger partial charge < -0.3 is 10.2 Å². The molecule has 2 aliphatic rings. The van der Waals surface area contributed by atoms with Gasteiger partial charge in [-0.1, -0.05) is 13.8 Å². The van der Waals surface area contributed by atoms with Crippen LogP contribution < -0.4 is 5.32 Å². The molecule has 0 unspecified atom stereocenters. The Balaban J connectivity index is 1.60. The zero-order chi connectivity index (χ0) is 22.9. The predicted octanol–water partition coefficient (Wildman–Crippen LogP) is 2.47. The number of carbonyl (C=O) groups excluding carboxylic acids is 4. The maximum Gasteiger partial charge on any atom is 0.471 e. The molecule has 168 valence electrons. The van der Waals surface area contributed by atoms with Crippen molar-refractivity contribution in [3.63, 3.8) is 0 Å². The van der Waals surface area contributed by atoms with E-state index in [9.17, 15) is 32.3 Å². The first kappa shape index (κ1) is 22.8. The number of nitrogens with zero attached hydrogens (tertiary/aromatic N) is 2. The summed E-state index contributed by atoms with van der Waals surface area (Å²) < 4.78 is 36.8. The van der Waals surface area contributed by atoms with Crippen molar-refractivity contribution in [2.75, 3.05) is 26.2 Å². The van der Waals surface area contributed by atoms with E-state index in [1.165, 1.54) is 23.1 Å². The van der Waals surface area contributed by atoms with Gasteiger partial charge in [0.2, 0.25) is 0 Å². The lowest BCUT2D eigenvalue weighted by molar-refractivity contribution is -0.173. The molecule has 0 aliphatic carbocycles. The minimum atomic E-state index is -4.91. The molecule has 1 N–H and O–H groups in total. The summed E-state index contributed by atoms with van der Waals surface area (Å²) in [6.45, 7) is 4.66. The molecule has 1 saturated heterocycles. The van der Waals surface area contributed by atoms with E-state index in [0.717, 1.165) is 0 Å². The summed E-state index contributed by atoms with van der Waals surface area (Å²) in [6.07, 6.45) is -4.00. The van der Waals surface area contributed by atoms with E-state index in [4.69, 9.17) is 0 Å². The smallest absolute Gasteiger partial charge is 0.348 e. The van der Waals surface area contributed by atoms with Crippen molar-refractivity contribution in [1.82, 2.24) is 15.1 Å². The molecule has 2 aliphatic heterocycles. The van der Waals surface area contributed by atoms with Crippen LogP contribution in [-0.4, -0.2) is 65.8 Å². The Hall–Kier alpha value is -2.91. The van der Waals surface area contributed by atoms with Crippen LogP contribution in [0.2, 0.25) is 0 Å². The highest BCUT2D eigenvalue weighted by Crippen LogP contribution is 2.26. The second kappa shape index (κ2) is 8.68. The van der Waals surface area contributed by atoms with E-state index in [1.807, 2.05) is 19.2 Å². The summed E-state index contributed by atoms with van der Waals surface area (Å²) >= 11 is 0. The van der Waals surface area contributed by atoms with E-state index in [2.05, 4.69) is 0 Å². The molecule has 10 heteroatoms. The zero-order valence-corrected chi connectivity index (χ0v) is 17.3. The Labute approximate surface area is 177 Å². The van der Waals surface area contributed by atoms with Gasteiger partial charge in [-0.05, 0) is 42.9 Å². The molecular weight excluding hydrogens is 415 g/mol. The fourth-order valence-electron chi connectivity index (χ4n) is 3.81. The number of hydrogen-bond acceptors (Lipinski definition) is 4. The van der Waals surface area contributed by atoms with Crippen LogP contribution in [0.3, 0.4) is 0 Å². The van der Waals surface area contributed by atoms with E-state index in [-0.39, 0.29) is 46.9 Å². The number of imide groups is 1. The summed E-state index contributed by atoms with van der Waals surface area (Å²) in [5, 5.41) is 1.88. The average molecular weight is 439 g/mol. The molecule has 1 aromatic carbocycles. The molecule has 0 atom stereocenters. The summed E-state index contributed by atoms with van der Waals surface area (Å²) in [7, 11) is 0. The molecule has 0 radical (unpaired) electrons. The van der Waals surface area contributed by atoms with Crippen molar-refractivity contribution in [2.24, 2.45) is 11.8 Å². The molecule has 0 aromatic heterocycles. The monoisotopic (exact) mass is 439 g/mol. The lowest BCUT2D eigenvalue weighted by Crippen LogP contribution is -2.44. The number of rotatable bonds is 5. The van der Waals surface area contributed by atoms with Gasteiger partial charge in [0.15, 0.2) is 0 Å². The number of amides is 4. The maximum absolute atomic E-state index is 12.8. The molecule has 3 rings (SSSR count). The lowest BCUT2D eigenvalue weighted by Gasteiger charge is -2.32. The van der Waals surface area contributed by atoms with Gasteiger partial charge in [-0.3, -0.25) is 24.1 Å². The Morgan fingerprint density at radius 3 is 2.29 bits per heavy atom. The second-order valence-corrected chi connectivity index (χ2v) is 8.32. The molecule has 1 fully saturated rings. The maximum atomic E-state index is 12.8. The van der Waals surface area contributed by atoms with Crippen molar-refractivity contribution in [2.45, 2.75) is 32.9 Å². The van der Waals surface area contributed by atoms with E-state index in [0.29, 0.717) is 32.5 Å². The van der Waals surface area contributed by atoms with Crippen LogP contribution in [0, 0.1) is 11.8 Å². The summed E-state index contributed by atoms with van der Waals surface area (Å²) in [5.41, 5.74) is 0.776. The lowest BCUT2D eigenvalue weighted by atomic mass is 9.96. The van der Waals surface area contributed by atoms with Crippen LogP contribution in [0.4, 0.5) is 13.2 Å². The molecule has 1 aromatic rings. The van der Waals surface area contributed by atoms with Crippen LogP contribution in [0.1, 0.15) is 57.8 Å². The first-order valence-corrected chi connectivity index (χ1v) is 10.1. The van der Waals surface area contributed by atoms with Crippen molar-refractivity contribution in [3.8, 4) is 0 Å². The quantitative estimate of drug-likeness (QED) is 0.715. The van der Waals surface area contributed by atoms with Crippen LogP contribution in [0.15, 0.2) is 18.2 Å². The fraction of sp³-hybridized carbons (Fsp3) is 0.524. The first-order valence-electron chi connectivity index (χ1n) is 10.1. The van der Waals surface area contributed by atoms with Crippen molar-refractivity contribution in [3.05, 3.63) is 34.9 Å². The van der Waals surface area contributed by atoms with Gasteiger partial charge in [-0.15, -0.1) is 0 Å². The number of carbonyl (C=O) groups is 4. The molecule has 31 heavy (non-hydrogen) atoms. The zero-order valence-electron chi connectivity index (χ0n) is 17.3. The molecular formula is C21H24F3N3O4. The van der Waals surface area contributed by atoms with Gasteiger partial charge in [0, 0.05) is 31.7 Å². The highest BCUT2D eigenvalue weighted by Gasteiger charge is 2.39. The van der Waals surface area contributed by atoms with Gasteiger partial charge in [0.1, 0.15) is 0 Å². The fourth-order valence-corrected chi connectivity index (χ4v) is 3.81. The Kier molecular flexibility index (Phi) is 6.38. The third-order valence-corrected chi connectivity index (χ3v) is 5.48. The van der Waals surface area contributed by atoms with Gasteiger partial charge >= 0.3 is 12.1 Å². The number of alkyl halides is 3. The van der Waals surface area contributed by atoms with Gasteiger partial charge in [0.25, 0.3) is 17.7 Å². The number of nitrogens with one attached hydrogen (secondary N) is 1. The van der Waals surface area contributed by atoms with Crippen LogP contribution >= 0.6 is 0 Å². The number of benzene rings is 1. The Bertz CT molecular complexity index is 906. The molecule has 0 spiro atoms. The highest BCUT2D eigenvalue weighted by atomic mass is 19.4. The minimum Gasteiger partial charge on any atom is -0.348 e. The number of piperidine rings is 1. The summed E-state index contributed by atoms with van der Waals surface area (Å²) in [5.74, 6) is -3.08. The third-order valence-electron chi connectivity index (χ3n) is 5.48. The number of fused-ring (bicyclic) bond motifs is 1. The molecule has 0 bridgehead atoms. The third kappa shape index (κ3) is 4.88. The topological polar surface area (TPSA) is 86.8 Å². The number of halogens is 3. The predicted molar refractivity (Wildman–Crippen MR) is 104 cm³/mol. The Morgan fingerprint density at radius 2 is 1.71 bits per heavy atom. The average Bonchev–Trinajstić information content (AvgIpc) is 2.95. The largest absolute Gasteiger partial charge is 0.471 e. The highest BCUT2D eigenvalue weighted by molar-refractivity contribution is 6.22. The van der Waals surface area contributed by atoms with Crippen LogP contribution in [0.25, 0.3) is 0 Å². The van der Waals surface area contributed by atoms with Crippen LogP contribution in [-0.2, 0) is 4.79 Å². The van der Waals surface area contributed by atoms with Crippen molar-refractivity contribution in [1.29, 1.82) is 0 Å². The van der Waals surface area contributed by atoms with Gasteiger partial charge in [-0.2, -0.15) is 13.2 Å². The van der Waals surface area contributed by atoms with E-state index >= 15 is 0 Å². The standard InChI is InChI=1S/C21H24F3N3O4/c1-12(2)11-27-18(29)15-4-3-14(9-16(15)19(27)30)17(28)26-7-5-13(6-8-26)10-25-20(31)21(22,23)24/h3-4,9,12-13H,5-8,10-11H2,1-2H3,(H,25,31). The molecule has 4 amide bonds. The first-order chi connectivity index (χ1) is 14.5. The van der Waals surface area contributed by atoms with Crippen molar-refractivity contribution >= 4 is 23.6 Å². The number of hydrogen-bond donors (Lipinski definition) is 1. The summed E-state index contributed by atoms with van der Waals surface area (Å²) in [6, 6.07) is 4.44. The molecule has 2 heterocycles. The van der Waals surface area contributed by atoms with Crippen molar-refractivity contribution < 1.29 is 32.3 Å². The van der Waals surface area contributed by atoms with E-state index < -0.39 is 18.0 Å².